The molecule has 1 aliphatic heterocycles. The molecule has 0 amide bonds. The van der Waals surface area contributed by atoms with Crippen molar-refractivity contribution in [2.75, 3.05) is 18.9 Å². The Labute approximate surface area is 126 Å². The van der Waals surface area contributed by atoms with Crippen LogP contribution in [-0.4, -0.2) is 61.3 Å². The van der Waals surface area contributed by atoms with E-state index in [1.807, 2.05) is 0 Å². The van der Waals surface area contributed by atoms with E-state index in [9.17, 15) is 10.2 Å². The molecule has 0 aliphatic carbocycles. The molecule has 22 heavy (non-hydrogen) atoms. The summed E-state index contributed by atoms with van der Waals surface area (Å²) in [5.74, 6) is 0.254. The van der Waals surface area contributed by atoms with Crippen LogP contribution in [0.3, 0.4) is 0 Å². The third-order valence-electron chi connectivity index (χ3n) is 3.56. The zero-order valence-electron chi connectivity index (χ0n) is 11.7. The number of aliphatic hydroxyl groups is 2. The van der Waals surface area contributed by atoms with Crippen LogP contribution in [0, 0.1) is 0 Å². The SMILES string of the molecule is C=CCOC1C(O)C(CO)OC1n1cnc2c(N)ncnc21. The van der Waals surface area contributed by atoms with Crippen LogP contribution >= 0.6 is 0 Å². The van der Waals surface area contributed by atoms with Gasteiger partial charge in [0.2, 0.25) is 0 Å². The Morgan fingerprint density at radius 1 is 1.45 bits per heavy atom. The lowest BCUT2D eigenvalue weighted by Gasteiger charge is -2.21. The van der Waals surface area contributed by atoms with E-state index >= 15 is 0 Å². The molecule has 4 atom stereocenters. The Morgan fingerprint density at radius 3 is 3.00 bits per heavy atom. The van der Waals surface area contributed by atoms with Gasteiger partial charge in [0.25, 0.3) is 0 Å². The van der Waals surface area contributed by atoms with E-state index in [1.165, 1.54) is 12.7 Å². The first-order valence-electron chi connectivity index (χ1n) is 6.77. The molecule has 2 aromatic rings. The molecule has 118 valence electrons. The zero-order valence-corrected chi connectivity index (χ0v) is 11.7. The number of imidazole rings is 1. The molecule has 0 bridgehead atoms. The number of aliphatic hydroxyl groups excluding tert-OH is 2. The lowest BCUT2D eigenvalue weighted by molar-refractivity contribution is -0.0645. The molecular weight excluding hydrogens is 290 g/mol. The predicted octanol–water partition coefficient (Wildman–Crippen LogP) is -0.770. The normalized spacial score (nSPS) is 28.3. The first-order valence-corrected chi connectivity index (χ1v) is 6.77. The Kier molecular flexibility index (Phi) is 4.03. The summed E-state index contributed by atoms with van der Waals surface area (Å²) in [5.41, 5.74) is 6.67. The van der Waals surface area contributed by atoms with E-state index in [0.717, 1.165) is 0 Å². The van der Waals surface area contributed by atoms with Crippen molar-refractivity contribution in [3.8, 4) is 0 Å². The van der Waals surface area contributed by atoms with Crippen molar-refractivity contribution in [2.45, 2.75) is 24.5 Å². The molecule has 4 N–H and O–H groups in total. The van der Waals surface area contributed by atoms with Crippen LogP contribution < -0.4 is 5.73 Å². The van der Waals surface area contributed by atoms with Gasteiger partial charge < -0.3 is 25.4 Å². The molecule has 2 aromatic heterocycles. The summed E-state index contributed by atoms with van der Waals surface area (Å²) in [6.45, 7) is 3.50. The second-order valence-electron chi connectivity index (χ2n) is 4.91. The molecule has 3 rings (SSSR count). The zero-order chi connectivity index (χ0) is 15.7. The van der Waals surface area contributed by atoms with Crippen LogP contribution in [0.15, 0.2) is 25.3 Å². The van der Waals surface area contributed by atoms with Gasteiger partial charge in [-0.2, -0.15) is 0 Å². The molecular formula is C13H17N5O4. The average molecular weight is 307 g/mol. The summed E-state index contributed by atoms with van der Waals surface area (Å²) in [6, 6.07) is 0. The second kappa shape index (κ2) is 5.97. The maximum Gasteiger partial charge on any atom is 0.167 e. The fraction of sp³-hybridized carbons (Fsp3) is 0.462. The Bertz CT molecular complexity index is 675. The molecule has 1 aliphatic rings. The van der Waals surface area contributed by atoms with Crippen LogP contribution in [0.1, 0.15) is 6.23 Å². The first-order chi connectivity index (χ1) is 10.7. The summed E-state index contributed by atoms with van der Waals surface area (Å²) in [6.07, 6.45) is 1.28. The Balaban J connectivity index is 1.99. The summed E-state index contributed by atoms with van der Waals surface area (Å²) in [5, 5.41) is 19.6. The number of hydrogen-bond donors (Lipinski definition) is 3. The molecule has 3 heterocycles. The summed E-state index contributed by atoms with van der Waals surface area (Å²) < 4.78 is 12.9. The molecule has 1 fully saturated rings. The smallest absolute Gasteiger partial charge is 0.167 e. The van der Waals surface area contributed by atoms with Crippen molar-refractivity contribution in [3.63, 3.8) is 0 Å². The van der Waals surface area contributed by atoms with Crippen LogP contribution in [-0.2, 0) is 9.47 Å². The molecule has 4 unspecified atom stereocenters. The maximum absolute atomic E-state index is 10.2. The fourth-order valence-corrected chi connectivity index (χ4v) is 2.51. The lowest BCUT2D eigenvalue weighted by atomic mass is 10.1. The van der Waals surface area contributed by atoms with Gasteiger partial charge in [0.15, 0.2) is 17.7 Å². The number of rotatable bonds is 5. The summed E-state index contributed by atoms with van der Waals surface area (Å²) in [4.78, 5) is 12.2. The van der Waals surface area contributed by atoms with Crippen LogP contribution in [0.5, 0.6) is 0 Å². The fourth-order valence-electron chi connectivity index (χ4n) is 2.51. The standard InChI is InChI=1S/C13H17N5O4/c1-2-3-21-10-9(20)7(4-19)22-13(10)18-6-17-8-11(14)15-5-16-12(8)18/h2,5-7,9-10,13,19-20H,1,3-4H2,(H2,14,15,16). The quantitative estimate of drug-likeness (QED) is 0.614. The van der Waals surface area contributed by atoms with E-state index in [4.69, 9.17) is 15.2 Å². The monoisotopic (exact) mass is 307 g/mol. The van der Waals surface area contributed by atoms with Crippen LogP contribution in [0.2, 0.25) is 0 Å². The van der Waals surface area contributed by atoms with Crippen molar-refractivity contribution in [3.05, 3.63) is 25.3 Å². The summed E-state index contributed by atoms with van der Waals surface area (Å²) in [7, 11) is 0. The van der Waals surface area contributed by atoms with Gasteiger partial charge in [-0.1, -0.05) is 6.08 Å². The van der Waals surface area contributed by atoms with Gasteiger partial charge >= 0.3 is 0 Å². The number of aromatic nitrogens is 4. The minimum atomic E-state index is -0.980. The first kappa shape index (κ1) is 14.9. The highest BCUT2D eigenvalue weighted by Gasteiger charge is 2.45. The Hall–Kier alpha value is -2.07. The van der Waals surface area contributed by atoms with Crippen molar-refractivity contribution in [1.29, 1.82) is 0 Å². The van der Waals surface area contributed by atoms with E-state index in [0.29, 0.717) is 11.2 Å². The van der Waals surface area contributed by atoms with Gasteiger partial charge in [0.1, 0.15) is 30.2 Å². The van der Waals surface area contributed by atoms with Crippen molar-refractivity contribution < 1.29 is 19.7 Å². The number of fused-ring (bicyclic) bond motifs is 1. The lowest BCUT2D eigenvalue weighted by Crippen LogP contribution is -2.35. The number of ether oxygens (including phenoxy) is 2. The van der Waals surface area contributed by atoms with E-state index in [-0.39, 0.29) is 19.0 Å². The molecule has 0 radical (unpaired) electrons. The molecule has 9 nitrogen and oxygen atoms in total. The summed E-state index contributed by atoms with van der Waals surface area (Å²) >= 11 is 0. The predicted molar refractivity (Wildman–Crippen MR) is 76.7 cm³/mol. The average Bonchev–Trinajstić information content (AvgIpc) is 3.07. The van der Waals surface area contributed by atoms with Crippen molar-refractivity contribution >= 4 is 17.0 Å². The number of nitrogens with zero attached hydrogens (tertiary/aromatic N) is 4. The number of anilines is 1. The second-order valence-corrected chi connectivity index (χ2v) is 4.91. The Morgan fingerprint density at radius 2 is 2.27 bits per heavy atom. The van der Waals surface area contributed by atoms with Crippen molar-refractivity contribution in [1.82, 2.24) is 19.5 Å². The van der Waals surface area contributed by atoms with E-state index in [1.54, 1.807) is 10.6 Å². The van der Waals surface area contributed by atoms with Gasteiger partial charge in [0.05, 0.1) is 19.5 Å². The molecule has 9 heteroatoms. The largest absolute Gasteiger partial charge is 0.394 e. The van der Waals surface area contributed by atoms with Gasteiger partial charge in [0, 0.05) is 0 Å². The van der Waals surface area contributed by atoms with Gasteiger partial charge in [-0.05, 0) is 0 Å². The van der Waals surface area contributed by atoms with Crippen LogP contribution in [0.4, 0.5) is 5.82 Å². The van der Waals surface area contributed by atoms with E-state index < -0.39 is 24.5 Å². The third kappa shape index (κ3) is 2.33. The molecule has 1 saturated heterocycles. The maximum atomic E-state index is 10.2. The van der Waals surface area contributed by atoms with Gasteiger partial charge in [-0.15, -0.1) is 6.58 Å². The highest BCUT2D eigenvalue weighted by molar-refractivity contribution is 5.81. The number of nitrogens with two attached hydrogens (primary N) is 1. The minimum absolute atomic E-state index is 0.240. The number of hydrogen-bond acceptors (Lipinski definition) is 8. The van der Waals surface area contributed by atoms with Crippen LogP contribution in [0.25, 0.3) is 11.2 Å². The number of nitrogen functional groups attached to an aromatic ring is 1. The minimum Gasteiger partial charge on any atom is -0.394 e. The highest BCUT2D eigenvalue weighted by atomic mass is 16.6. The van der Waals surface area contributed by atoms with Gasteiger partial charge in [-0.25, -0.2) is 15.0 Å². The molecule has 0 spiro atoms. The topological polar surface area (TPSA) is 129 Å². The highest BCUT2D eigenvalue weighted by Crippen LogP contribution is 2.33. The van der Waals surface area contributed by atoms with Crippen molar-refractivity contribution in [2.24, 2.45) is 0 Å². The molecule has 0 aromatic carbocycles. The third-order valence-corrected chi connectivity index (χ3v) is 3.56. The van der Waals surface area contributed by atoms with E-state index in [2.05, 4.69) is 21.5 Å². The molecule has 0 saturated carbocycles. The van der Waals surface area contributed by atoms with Gasteiger partial charge in [-0.3, -0.25) is 4.57 Å².